The van der Waals surface area contributed by atoms with Crippen LogP contribution in [0.5, 0.6) is 0 Å². The van der Waals surface area contributed by atoms with Gasteiger partial charge in [0.2, 0.25) is 0 Å². The van der Waals surface area contributed by atoms with E-state index in [1.165, 1.54) is 21.8 Å². The molecule has 0 fully saturated rings. The van der Waals surface area contributed by atoms with Gasteiger partial charge in [-0.15, -0.1) is 0 Å². The van der Waals surface area contributed by atoms with E-state index < -0.39 is 11.9 Å². The number of hydrogen-bond acceptors (Lipinski definition) is 2. The topological polar surface area (TPSA) is 74.6 Å². The zero-order chi connectivity index (χ0) is 25.2. The summed E-state index contributed by atoms with van der Waals surface area (Å²) >= 11 is 1.37. The number of hydrogen-bond donors (Lipinski definition) is 2. The molecule has 0 atom stereocenters. The summed E-state index contributed by atoms with van der Waals surface area (Å²) in [6.07, 6.45) is 0. The number of rotatable bonds is 4. The molecule has 2 N–H and O–H groups in total. The third kappa shape index (κ3) is 39.0. The molecule has 0 bridgehead atoms. The smallest absolute Gasteiger partial charge is 0 e. The Hall–Kier alpha value is -0.256. The Labute approximate surface area is 247 Å². The van der Waals surface area contributed by atoms with Gasteiger partial charge in [0.1, 0.15) is 0 Å². The average molecular weight is 785 g/mol. The van der Waals surface area contributed by atoms with Crippen molar-refractivity contribution < 1.29 is 60.6 Å². The number of aliphatic carboxylic acids is 2. The van der Waals surface area contributed by atoms with Crippen LogP contribution in [-0.2, 0) is 61.1 Å². The number of carbonyl (C=O) groups is 2. The predicted octanol–water partition coefficient (Wildman–Crippen LogP) is 6.00. The minimum atomic E-state index is -0.833. The van der Waals surface area contributed by atoms with Crippen molar-refractivity contribution in [2.75, 3.05) is 0 Å². The molecule has 2 aromatic carbocycles. The maximum absolute atomic E-state index is 9.00. The van der Waals surface area contributed by atoms with Crippen LogP contribution in [0.2, 0.25) is 8.63 Å². The molecule has 34 heavy (non-hydrogen) atoms. The number of benzene rings is 2. The van der Waals surface area contributed by atoms with E-state index in [0.29, 0.717) is 38.5 Å². The molecule has 0 radical (unpaired) electrons. The molecular weight excluding hydrogens is 747 g/mol. The van der Waals surface area contributed by atoms with Gasteiger partial charge in [-0.1, -0.05) is 0 Å². The summed E-state index contributed by atoms with van der Waals surface area (Å²) < 4.78 is 0.993. The van der Waals surface area contributed by atoms with Crippen molar-refractivity contribution in [2.45, 2.75) is 74.7 Å². The first-order valence-electron chi connectivity index (χ1n) is 10.2. The van der Waals surface area contributed by atoms with Crippen molar-refractivity contribution in [3.63, 3.8) is 0 Å². The zero-order valence-electron chi connectivity index (χ0n) is 21.2. The minimum Gasteiger partial charge on any atom is 0 e. The van der Waals surface area contributed by atoms with Gasteiger partial charge in [0.25, 0.3) is 11.9 Å². The monoisotopic (exact) mass is 786 g/mol. The van der Waals surface area contributed by atoms with Crippen molar-refractivity contribution in [3.05, 3.63) is 71.8 Å². The summed E-state index contributed by atoms with van der Waals surface area (Å²) in [4.78, 5) is 18.0. The molecule has 4 nitrogen and oxygen atoms in total. The van der Waals surface area contributed by atoms with Gasteiger partial charge in [0, 0.05) is 54.7 Å². The first-order chi connectivity index (χ1) is 14.6. The molecule has 0 aliphatic rings. The Morgan fingerprint density at radius 2 is 0.971 bits per heavy atom. The fourth-order valence-electron chi connectivity index (χ4n) is 1.63. The maximum Gasteiger partial charge on any atom is 0 e. The van der Waals surface area contributed by atoms with Crippen molar-refractivity contribution in [1.29, 1.82) is 0 Å². The van der Waals surface area contributed by atoms with Crippen molar-refractivity contribution >= 4 is 41.9 Å². The van der Waals surface area contributed by atoms with Crippen LogP contribution in [0.3, 0.4) is 0 Å². The van der Waals surface area contributed by atoms with Gasteiger partial charge < -0.3 is 10.2 Å². The quantitative estimate of drug-likeness (QED) is 0.295. The van der Waals surface area contributed by atoms with Gasteiger partial charge in [-0.3, -0.25) is 9.59 Å². The number of carboxylic acids is 2. The van der Waals surface area contributed by atoms with E-state index in [4.69, 9.17) is 19.8 Å². The van der Waals surface area contributed by atoms with Gasteiger partial charge >= 0.3 is 163 Å². The van der Waals surface area contributed by atoms with Crippen LogP contribution < -0.4 is 0 Å². The fourth-order valence-corrected chi connectivity index (χ4v) is 4.85. The molecule has 200 valence electrons. The molecule has 0 amide bonds. The van der Waals surface area contributed by atoms with Crippen molar-refractivity contribution in [2.24, 2.45) is 0 Å². The summed E-state index contributed by atoms with van der Waals surface area (Å²) in [5.41, 5.74) is 2.71. The van der Waals surface area contributed by atoms with Crippen LogP contribution in [0.1, 0.15) is 66.5 Å². The van der Waals surface area contributed by atoms with Crippen molar-refractivity contribution in [3.8, 4) is 0 Å². The molecule has 8 heteroatoms. The third-order valence-corrected chi connectivity index (χ3v) is 8.41. The summed E-state index contributed by atoms with van der Waals surface area (Å²) in [5, 5.41) is 17.2. The molecular formula is C26H38O4Pd2Se2-2. The van der Waals surface area contributed by atoms with E-state index in [0.717, 1.165) is 13.8 Å². The molecule has 2 aromatic rings. The Bertz CT molecular complexity index is 671. The normalized spacial score (nSPS) is 9.65. The van der Waals surface area contributed by atoms with E-state index >= 15 is 0 Å². The molecule has 2 rings (SSSR count). The van der Waals surface area contributed by atoms with Gasteiger partial charge in [-0.05, 0) is 0 Å². The summed E-state index contributed by atoms with van der Waals surface area (Å²) in [6.45, 7) is 16.0. The largest absolute Gasteiger partial charge is 0 e. The van der Waals surface area contributed by atoms with Crippen LogP contribution in [-0.4, -0.2) is 52.1 Å². The predicted molar refractivity (Wildman–Crippen MR) is 136 cm³/mol. The molecule has 0 spiro atoms. The van der Waals surface area contributed by atoms with E-state index in [2.05, 4.69) is 77.9 Å². The Kier molecular flexibility index (Phi) is 27.9. The molecule has 0 aliphatic heterocycles. The van der Waals surface area contributed by atoms with E-state index in [9.17, 15) is 0 Å². The molecule has 0 saturated carbocycles. The summed E-state index contributed by atoms with van der Waals surface area (Å²) in [5.74, 6) is -1.67. The van der Waals surface area contributed by atoms with Crippen LogP contribution in [0.15, 0.2) is 48.5 Å². The maximum atomic E-state index is 9.00. The van der Waals surface area contributed by atoms with Crippen LogP contribution in [0, 0.1) is 12.1 Å². The second-order valence-corrected chi connectivity index (χ2v) is 16.2. The van der Waals surface area contributed by atoms with Crippen molar-refractivity contribution in [1.82, 2.24) is 0 Å². The SMILES string of the molecule is CC(=O)O.CC(=O)O.CC(C)(C)[Se]Cc1[c-]cccc1.CC(C)(C)[Se]Cc1[c-]cccc1.[Pd].[Pd]. The molecule has 0 heterocycles. The average Bonchev–Trinajstić information content (AvgIpc) is 2.65. The van der Waals surface area contributed by atoms with Gasteiger partial charge in [-0.25, -0.2) is 0 Å². The van der Waals surface area contributed by atoms with Crippen LogP contribution in [0.4, 0.5) is 0 Å². The Balaban J connectivity index is -0.000000194. The van der Waals surface area contributed by atoms with E-state index in [1.54, 1.807) is 0 Å². The zero-order valence-corrected chi connectivity index (χ0v) is 27.7. The Morgan fingerprint density at radius 3 is 1.15 bits per heavy atom. The van der Waals surface area contributed by atoms with Crippen LogP contribution >= 0.6 is 0 Å². The minimum absolute atomic E-state index is 0. The van der Waals surface area contributed by atoms with E-state index in [-0.39, 0.29) is 40.8 Å². The first kappa shape index (κ1) is 40.9. The summed E-state index contributed by atoms with van der Waals surface area (Å²) in [7, 11) is 0. The van der Waals surface area contributed by atoms with E-state index in [1.807, 2.05) is 24.3 Å². The molecule has 0 aliphatic carbocycles. The molecule has 0 aromatic heterocycles. The second kappa shape index (κ2) is 23.2. The van der Waals surface area contributed by atoms with Gasteiger partial charge in [-0.2, -0.15) is 0 Å². The molecule has 0 saturated heterocycles. The van der Waals surface area contributed by atoms with Crippen LogP contribution in [0.25, 0.3) is 0 Å². The standard InChI is InChI=1S/2C11H15Se.2C2H4O2.2Pd/c2*1-11(2,3)12-9-10-7-5-4-6-8-10;2*1-2(3)4;;/h2*4-7H,9H2,1-3H3;2*1H3,(H,3,4);;/q2*-1;;;;. The third-order valence-electron chi connectivity index (χ3n) is 2.87. The first-order valence-corrected chi connectivity index (χ1v) is 14.3. The molecule has 0 unspecified atom stereocenters. The Morgan fingerprint density at radius 1 is 0.706 bits per heavy atom. The number of carboxylic acid groups (broad SMARTS) is 2. The van der Waals surface area contributed by atoms with Gasteiger partial charge in [0.05, 0.1) is 0 Å². The van der Waals surface area contributed by atoms with Gasteiger partial charge in [0.15, 0.2) is 0 Å². The second-order valence-electron chi connectivity index (χ2n) is 8.62. The summed E-state index contributed by atoms with van der Waals surface area (Å²) in [6, 6.07) is 23.0. The fraction of sp³-hybridized carbons (Fsp3) is 0.462.